The number of nitrogens with one attached hydrogen (secondary N) is 1. The van der Waals surface area contributed by atoms with Crippen LogP contribution in [-0.4, -0.2) is 42.2 Å². The zero-order valence-electron chi connectivity index (χ0n) is 13.3. The Balaban J connectivity index is 1.91. The Kier molecular flexibility index (Phi) is 4.71. The average molecular weight is 276 g/mol. The SMILES string of the molecule is CCC1(C)CNC(C)(C)CN1CCOc1ccccc1. The number of hydrogen-bond acceptors (Lipinski definition) is 3. The van der Waals surface area contributed by atoms with E-state index in [1.807, 2.05) is 30.3 Å². The second-order valence-corrected chi connectivity index (χ2v) is 6.67. The van der Waals surface area contributed by atoms with Gasteiger partial charge in [-0.15, -0.1) is 0 Å². The molecule has 0 spiro atoms. The lowest BCUT2D eigenvalue weighted by atomic mass is 9.88. The molecule has 1 atom stereocenters. The number of benzene rings is 1. The molecule has 2 rings (SSSR count). The minimum Gasteiger partial charge on any atom is -0.492 e. The molecule has 0 amide bonds. The zero-order chi connectivity index (χ0) is 14.6. The predicted octanol–water partition coefficient (Wildman–Crippen LogP) is 2.92. The van der Waals surface area contributed by atoms with Gasteiger partial charge in [-0.3, -0.25) is 4.90 Å². The van der Waals surface area contributed by atoms with Crippen LogP contribution in [0.3, 0.4) is 0 Å². The number of piperazine rings is 1. The summed E-state index contributed by atoms with van der Waals surface area (Å²) >= 11 is 0. The van der Waals surface area contributed by atoms with E-state index in [1.165, 1.54) is 0 Å². The van der Waals surface area contributed by atoms with Gasteiger partial charge in [0.05, 0.1) is 0 Å². The Morgan fingerprint density at radius 2 is 1.90 bits per heavy atom. The molecule has 1 aromatic carbocycles. The highest BCUT2D eigenvalue weighted by molar-refractivity contribution is 5.20. The third-order valence-electron chi connectivity index (χ3n) is 4.43. The Hall–Kier alpha value is -1.06. The quantitative estimate of drug-likeness (QED) is 0.895. The van der Waals surface area contributed by atoms with Crippen LogP contribution in [0, 0.1) is 0 Å². The Morgan fingerprint density at radius 1 is 1.20 bits per heavy atom. The summed E-state index contributed by atoms with van der Waals surface area (Å²) in [5, 5.41) is 3.66. The van der Waals surface area contributed by atoms with Crippen LogP contribution in [0.25, 0.3) is 0 Å². The molecule has 0 aliphatic carbocycles. The van der Waals surface area contributed by atoms with Crippen molar-refractivity contribution in [3.8, 4) is 5.75 Å². The molecule has 0 bridgehead atoms. The van der Waals surface area contributed by atoms with Gasteiger partial charge in [0.25, 0.3) is 0 Å². The maximum atomic E-state index is 5.85. The Morgan fingerprint density at radius 3 is 2.55 bits per heavy atom. The molecular formula is C17H28N2O. The smallest absolute Gasteiger partial charge is 0.119 e. The number of hydrogen-bond donors (Lipinski definition) is 1. The van der Waals surface area contributed by atoms with E-state index in [4.69, 9.17) is 4.74 Å². The molecule has 1 aliphatic heterocycles. The first kappa shape index (κ1) is 15.3. The summed E-state index contributed by atoms with van der Waals surface area (Å²) in [6.45, 7) is 13.0. The maximum absolute atomic E-state index is 5.85. The number of para-hydroxylation sites is 1. The molecule has 1 N–H and O–H groups in total. The molecule has 3 heteroatoms. The molecule has 1 heterocycles. The van der Waals surface area contributed by atoms with Gasteiger partial charge in [-0.2, -0.15) is 0 Å². The van der Waals surface area contributed by atoms with E-state index in [9.17, 15) is 0 Å². The Labute approximate surface area is 123 Å². The largest absolute Gasteiger partial charge is 0.492 e. The van der Waals surface area contributed by atoms with Crippen LogP contribution in [0.1, 0.15) is 34.1 Å². The summed E-state index contributed by atoms with van der Waals surface area (Å²) in [6.07, 6.45) is 1.15. The number of ether oxygens (including phenoxy) is 1. The van der Waals surface area contributed by atoms with Gasteiger partial charge in [0.1, 0.15) is 12.4 Å². The average Bonchev–Trinajstić information content (AvgIpc) is 2.44. The van der Waals surface area contributed by atoms with E-state index in [1.54, 1.807) is 0 Å². The molecular weight excluding hydrogens is 248 g/mol. The van der Waals surface area contributed by atoms with E-state index < -0.39 is 0 Å². The standard InChI is InChI=1S/C17H28N2O/c1-5-17(4)13-18-16(2,3)14-19(17)11-12-20-15-9-7-6-8-10-15/h6-10,18H,5,11-14H2,1-4H3. The molecule has 1 aliphatic rings. The highest BCUT2D eigenvalue weighted by atomic mass is 16.5. The number of rotatable bonds is 5. The lowest BCUT2D eigenvalue weighted by molar-refractivity contribution is 0.0151. The van der Waals surface area contributed by atoms with Crippen LogP contribution in [0.2, 0.25) is 0 Å². The van der Waals surface area contributed by atoms with E-state index in [2.05, 4.69) is 37.9 Å². The van der Waals surface area contributed by atoms with E-state index in [0.29, 0.717) is 0 Å². The first-order valence-electron chi connectivity index (χ1n) is 7.63. The van der Waals surface area contributed by atoms with E-state index in [-0.39, 0.29) is 11.1 Å². The fourth-order valence-electron chi connectivity index (χ4n) is 2.75. The lowest BCUT2D eigenvalue weighted by Gasteiger charge is -2.51. The van der Waals surface area contributed by atoms with E-state index in [0.717, 1.165) is 38.4 Å². The first-order chi connectivity index (χ1) is 9.45. The molecule has 1 unspecified atom stereocenters. The fourth-order valence-corrected chi connectivity index (χ4v) is 2.75. The summed E-state index contributed by atoms with van der Waals surface area (Å²) in [5.74, 6) is 0.958. The second kappa shape index (κ2) is 6.15. The van der Waals surface area contributed by atoms with Crippen molar-refractivity contribution in [1.29, 1.82) is 0 Å². The molecule has 3 nitrogen and oxygen atoms in total. The second-order valence-electron chi connectivity index (χ2n) is 6.67. The van der Waals surface area contributed by atoms with Gasteiger partial charge >= 0.3 is 0 Å². The van der Waals surface area contributed by atoms with E-state index >= 15 is 0 Å². The van der Waals surface area contributed by atoms with Gasteiger partial charge < -0.3 is 10.1 Å². The van der Waals surface area contributed by atoms with Gasteiger partial charge in [-0.25, -0.2) is 0 Å². The summed E-state index contributed by atoms with van der Waals surface area (Å²) in [4.78, 5) is 2.58. The van der Waals surface area contributed by atoms with Crippen molar-refractivity contribution < 1.29 is 4.74 Å². The van der Waals surface area contributed by atoms with Gasteiger partial charge in [-0.05, 0) is 39.3 Å². The van der Waals surface area contributed by atoms with Gasteiger partial charge in [0.15, 0.2) is 0 Å². The molecule has 112 valence electrons. The van der Waals surface area contributed by atoms with Crippen molar-refractivity contribution >= 4 is 0 Å². The molecule has 0 radical (unpaired) electrons. The highest BCUT2D eigenvalue weighted by Gasteiger charge is 2.39. The van der Waals surface area contributed by atoms with Gasteiger partial charge in [-0.1, -0.05) is 25.1 Å². The Bertz CT molecular complexity index is 418. The van der Waals surface area contributed by atoms with Crippen molar-refractivity contribution in [2.45, 2.75) is 45.2 Å². The van der Waals surface area contributed by atoms with Crippen LogP contribution >= 0.6 is 0 Å². The summed E-state index contributed by atoms with van der Waals surface area (Å²) < 4.78 is 5.85. The molecule has 1 fully saturated rings. The number of nitrogens with zero attached hydrogens (tertiary/aromatic N) is 1. The normalized spacial score (nSPS) is 26.4. The van der Waals surface area contributed by atoms with Crippen LogP contribution in [-0.2, 0) is 0 Å². The molecule has 1 aromatic rings. The van der Waals surface area contributed by atoms with Gasteiger partial charge in [0.2, 0.25) is 0 Å². The van der Waals surface area contributed by atoms with Gasteiger partial charge in [0, 0.05) is 30.7 Å². The predicted molar refractivity (Wildman–Crippen MR) is 84.3 cm³/mol. The molecule has 20 heavy (non-hydrogen) atoms. The van der Waals surface area contributed by atoms with Crippen molar-refractivity contribution in [2.24, 2.45) is 0 Å². The summed E-state index contributed by atoms with van der Waals surface area (Å²) in [7, 11) is 0. The van der Waals surface area contributed by atoms with Crippen molar-refractivity contribution in [2.75, 3.05) is 26.2 Å². The van der Waals surface area contributed by atoms with Crippen molar-refractivity contribution in [1.82, 2.24) is 10.2 Å². The lowest BCUT2D eigenvalue weighted by Crippen LogP contribution is -2.67. The summed E-state index contributed by atoms with van der Waals surface area (Å²) in [5.41, 5.74) is 0.414. The molecule has 0 saturated carbocycles. The minimum atomic E-state index is 0.182. The van der Waals surface area contributed by atoms with Crippen molar-refractivity contribution in [3.05, 3.63) is 30.3 Å². The van der Waals surface area contributed by atoms with Crippen LogP contribution in [0.15, 0.2) is 30.3 Å². The highest BCUT2D eigenvalue weighted by Crippen LogP contribution is 2.26. The monoisotopic (exact) mass is 276 g/mol. The third kappa shape index (κ3) is 3.74. The zero-order valence-corrected chi connectivity index (χ0v) is 13.3. The van der Waals surface area contributed by atoms with Crippen molar-refractivity contribution in [3.63, 3.8) is 0 Å². The fraction of sp³-hybridized carbons (Fsp3) is 0.647. The molecule has 0 aromatic heterocycles. The van der Waals surface area contributed by atoms with Crippen LogP contribution in [0.5, 0.6) is 5.75 Å². The van der Waals surface area contributed by atoms with Crippen LogP contribution < -0.4 is 10.1 Å². The first-order valence-corrected chi connectivity index (χ1v) is 7.63. The summed E-state index contributed by atoms with van der Waals surface area (Å²) in [6, 6.07) is 10.1. The minimum absolute atomic E-state index is 0.182. The topological polar surface area (TPSA) is 24.5 Å². The maximum Gasteiger partial charge on any atom is 0.119 e. The molecule has 1 saturated heterocycles. The van der Waals surface area contributed by atoms with Crippen LogP contribution in [0.4, 0.5) is 0 Å². The third-order valence-corrected chi connectivity index (χ3v) is 4.43.